The van der Waals surface area contributed by atoms with Crippen LogP contribution in [0.5, 0.6) is 0 Å². The molecule has 0 bridgehead atoms. The van der Waals surface area contributed by atoms with Gasteiger partial charge in [0.1, 0.15) is 5.78 Å². The van der Waals surface area contributed by atoms with Crippen LogP contribution in [0.15, 0.2) is 18.2 Å². The Hall–Kier alpha value is -1.11. The van der Waals surface area contributed by atoms with Gasteiger partial charge in [-0.2, -0.15) is 0 Å². The van der Waals surface area contributed by atoms with Crippen molar-refractivity contribution >= 4 is 5.78 Å². The van der Waals surface area contributed by atoms with Crippen LogP contribution >= 0.6 is 0 Å². The van der Waals surface area contributed by atoms with E-state index in [1.54, 1.807) is 0 Å². The lowest BCUT2D eigenvalue weighted by Crippen LogP contribution is -1.78. The first kappa shape index (κ1) is 11.9. The van der Waals surface area contributed by atoms with E-state index < -0.39 is 0 Å². The van der Waals surface area contributed by atoms with Crippen LogP contribution in [0.1, 0.15) is 30.5 Å². The molecule has 13 heavy (non-hydrogen) atoms. The van der Waals surface area contributed by atoms with E-state index in [0.29, 0.717) is 0 Å². The number of benzene rings is 1. The molecule has 0 unspecified atom stereocenters. The molecule has 0 aliphatic rings. The Labute approximate surface area is 80.8 Å². The molecule has 0 N–H and O–H groups in total. The van der Waals surface area contributed by atoms with E-state index in [0.717, 1.165) is 0 Å². The molecule has 0 aromatic heterocycles. The maximum Gasteiger partial charge on any atom is 0.126 e. The minimum Gasteiger partial charge on any atom is -0.300 e. The predicted molar refractivity (Wildman–Crippen MR) is 57.0 cm³/mol. The lowest BCUT2D eigenvalue weighted by atomic mass is 10.1. The van der Waals surface area contributed by atoms with Gasteiger partial charge in [-0.25, -0.2) is 0 Å². The SMILES string of the molecule is CC(C)=O.Cc1cc(C)cc(C)c1. The summed E-state index contributed by atoms with van der Waals surface area (Å²) in [7, 11) is 0. The topological polar surface area (TPSA) is 17.1 Å². The Morgan fingerprint density at radius 2 is 1.00 bits per heavy atom. The third-order valence-electron chi connectivity index (χ3n) is 1.37. The van der Waals surface area contributed by atoms with Crippen molar-refractivity contribution in [2.45, 2.75) is 34.6 Å². The van der Waals surface area contributed by atoms with Crippen molar-refractivity contribution in [3.05, 3.63) is 34.9 Å². The Morgan fingerprint density at radius 3 is 1.15 bits per heavy atom. The molecular weight excluding hydrogens is 160 g/mol. The third-order valence-corrected chi connectivity index (χ3v) is 1.37. The first-order chi connectivity index (χ1) is 5.91. The van der Waals surface area contributed by atoms with Gasteiger partial charge >= 0.3 is 0 Å². The van der Waals surface area contributed by atoms with Crippen LogP contribution in [0.25, 0.3) is 0 Å². The minimum atomic E-state index is 0.167. The molecule has 0 spiro atoms. The molecule has 0 radical (unpaired) electrons. The van der Waals surface area contributed by atoms with Crippen LogP contribution in [0.4, 0.5) is 0 Å². The summed E-state index contributed by atoms with van der Waals surface area (Å²) < 4.78 is 0. The highest BCUT2D eigenvalue weighted by atomic mass is 16.1. The van der Waals surface area contributed by atoms with Crippen molar-refractivity contribution in [2.75, 3.05) is 0 Å². The van der Waals surface area contributed by atoms with Gasteiger partial charge in [-0.3, -0.25) is 0 Å². The fourth-order valence-electron chi connectivity index (χ4n) is 1.20. The monoisotopic (exact) mass is 178 g/mol. The molecule has 0 aliphatic heterocycles. The quantitative estimate of drug-likeness (QED) is 0.596. The van der Waals surface area contributed by atoms with Gasteiger partial charge in [-0.1, -0.05) is 34.9 Å². The van der Waals surface area contributed by atoms with E-state index in [4.69, 9.17) is 0 Å². The molecule has 1 heteroatoms. The standard InChI is InChI=1S/C9H12.C3H6O/c1-7-4-8(2)6-9(3)5-7;1-3(2)4/h4-6H,1-3H3;1-2H3. The number of carbonyl (C=O) groups is 1. The zero-order chi connectivity index (χ0) is 10.4. The Bertz CT molecular complexity index is 233. The van der Waals surface area contributed by atoms with E-state index in [1.807, 2.05) is 0 Å². The van der Waals surface area contributed by atoms with Crippen molar-refractivity contribution < 1.29 is 4.79 Å². The van der Waals surface area contributed by atoms with E-state index in [1.165, 1.54) is 30.5 Å². The van der Waals surface area contributed by atoms with Crippen molar-refractivity contribution in [1.82, 2.24) is 0 Å². The zero-order valence-corrected chi connectivity index (χ0v) is 9.14. The predicted octanol–water partition coefficient (Wildman–Crippen LogP) is 3.21. The second kappa shape index (κ2) is 5.52. The molecule has 1 nitrogen and oxygen atoms in total. The van der Waals surface area contributed by atoms with Crippen molar-refractivity contribution in [3.63, 3.8) is 0 Å². The lowest BCUT2D eigenvalue weighted by Gasteiger charge is -1.96. The van der Waals surface area contributed by atoms with E-state index in [9.17, 15) is 4.79 Å². The molecule has 0 saturated heterocycles. The number of hydrogen-bond acceptors (Lipinski definition) is 1. The average Bonchev–Trinajstić information content (AvgIpc) is 1.80. The number of carbonyl (C=O) groups excluding carboxylic acids is 1. The summed E-state index contributed by atoms with van der Waals surface area (Å²) in [5, 5.41) is 0. The number of ketones is 1. The molecule has 0 amide bonds. The lowest BCUT2D eigenvalue weighted by molar-refractivity contribution is -0.114. The van der Waals surface area contributed by atoms with Gasteiger partial charge in [0.25, 0.3) is 0 Å². The van der Waals surface area contributed by atoms with E-state index >= 15 is 0 Å². The number of hydrogen-bond donors (Lipinski definition) is 0. The molecule has 0 fully saturated rings. The van der Waals surface area contributed by atoms with Gasteiger partial charge in [0.05, 0.1) is 0 Å². The van der Waals surface area contributed by atoms with Crippen LogP contribution in [0, 0.1) is 20.8 Å². The van der Waals surface area contributed by atoms with Crippen LogP contribution in [0.2, 0.25) is 0 Å². The third kappa shape index (κ3) is 7.26. The molecular formula is C12H18O. The number of Topliss-reactive ketones (excluding diaryl/α,β-unsaturated/α-hetero) is 1. The minimum absolute atomic E-state index is 0.167. The summed E-state index contributed by atoms with van der Waals surface area (Å²) >= 11 is 0. The van der Waals surface area contributed by atoms with Gasteiger partial charge in [-0.15, -0.1) is 0 Å². The fourth-order valence-corrected chi connectivity index (χ4v) is 1.20. The summed E-state index contributed by atoms with van der Waals surface area (Å²) in [6.45, 7) is 9.43. The van der Waals surface area contributed by atoms with Gasteiger partial charge < -0.3 is 4.79 Å². The first-order valence-corrected chi connectivity index (χ1v) is 4.44. The normalized spacial score (nSPS) is 8.69. The maximum atomic E-state index is 9.44. The molecule has 72 valence electrons. The van der Waals surface area contributed by atoms with Crippen molar-refractivity contribution in [3.8, 4) is 0 Å². The molecule has 1 rings (SSSR count). The van der Waals surface area contributed by atoms with Crippen molar-refractivity contribution in [2.24, 2.45) is 0 Å². The molecule has 0 atom stereocenters. The van der Waals surface area contributed by atoms with Gasteiger partial charge in [0.2, 0.25) is 0 Å². The highest BCUT2D eigenvalue weighted by Gasteiger charge is 1.87. The van der Waals surface area contributed by atoms with E-state index in [-0.39, 0.29) is 5.78 Å². The Balaban J connectivity index is 0.000000310. The van der Waals surface area contributed by atoms with Crippen LogP contribution in [0.3, 0.4) is 0 Å². The number of aryl methyl sites for hydroxylation is 3. The number of rotatable bonds is 0. The summed E-state index contributed by atoms with van der Waals surface area (Å²) in [5.41, 5.74) is 4.06. The van der Waals surface area contributed by atoms with Gasteiger partial charge in [0.15, 0.2) is 0 Å². The van der Waals surface area contributed by atoms with Crippen LogP contribution in [-0.4, -0.2) is 5.78 Å². The molecule has 1 aromatic carbocycles. The highest BCUT2D eigenvalue weighted by molar-refractivity contribution is 5.72. The first-order valence-electron chi connectivity index (χ1n) is 4.44. The summed E-state index contributed by atoms with van der Waals surface area (Å²) in [6.07, 6.45) is 0. The average molecular weight is 178 g/mol. The summed E-state index contributed by atoms with van der Waals surface area (Å²) in [5.74, 6) is 0.167. The highest BCUT2D eigenvalue weighted by Crippen LogP contribution is 2.06. The molecule has 0 aliphatic carbocycles. The second-order valence-corrected chi connectivity index (χ2v) is 3.57. The molecule has 0 heterocycles. The van der Waals surface area contributed by atoms with Gasteiger partial charge in [0, 0.05) is 0 Å². The van der Waals surface area contributed by atoms with Crippen LogP contribution < -0.4 is 0 Å². The van der Waals surface area contributed by atoms with Crippen molar-refractivity contribution in [1.29, 1.82) is 0 Å². The second-order valence-electron chi connectivity index (χ2n) is 3.57. The Kier molecular flexibility index (Phi) is 5.05. The summed E-state index contributed by atoms with van der Waals surface area (Å²) in [6, 6.07) is 6.56. The Morgan fingerprint density at radius 1 is 0.846 bits per heavy atom. The van der Waals surface area contributed by atoms with Crippen LogP contribution in [-0.2, 0) is 4.79 Å². The zero-order valence-electron chi connectivity index (χ0n) is 9.14. The molecule has 0 saturated carbocycles. The maximum absolute atomic E-state index is 9.44. The van der Waals surface area contributed by atoms with Gasteiger partial charge in [-0.05, 0) is 34.6 Å². The summed E-state index contributed by atoms with van der Waals surface area (Å²) in [4.78, 5) is 9.44. The fraction of sp³-hybridized carbons (Fsp3) is 0.417. The smallest absolute Gasteiger partial charge is 0.126 e. The van der Waals surface area contributed by atoms with E-state index in [2.05, 4.69) is 39.0 Å². The largest absolute Gasteiger partial charge is 0.300 e. The molecule has 1 aromatic rings.